The summed E-state index contributed by atoms with van der Waals surface area (Å²) in [6, 6.07) is 20.7. The molecule has 4 nitrogen and oxygen atoms in total. The Hall–Kier alpha value is -2.46. The van der Waals surface area contributed by atoms with Crippen LogP contribution in [0, 0.1) is 0 Å². The minimum Gasteiger partial charge on any atom is -0.311 e. The summed E-state index contributed by atoms with van der Waals surface area (Å²) >= 11 is 0. The smallest absolute Gasteiger partial charge is 0.117 e. The van der Waals surface area contributed by atoms with Crippen LogP contribution in [0.1, 0.15) is 11.3 Å². The molecule has 3 rings (SSSR count). The molecule has 3 aromatic rings. The molecule has 1 heterocycles. The van der Waals surface area contributed by atoms with Crippen molar-refractivity contribution >= 4 is 0 Å². The molecule has 0 radical (unpaired) electrons. The molecule has 0 aliphatic rings. The normalized spacial score (nSPS) is 10.8. The van der Waals surface area contributed by atoms with Gasteiger partial charge in [0.1, 0.15) is 11.4 Å². The van der Waals surface area contributed by atoms with Gasteiger partial charge in [0.05, 0.1) is 0 Å². The molecule has 0 fully saturated rings. The van der Waals surface area contributed by atoms with Crippen LogP contribution in [0.25, 0.3) is 11.3 Å². The Labute approximate surface area is 130 Å². The highest BCUT2D eigenvalue weighted by Crippen LogP contribution is 2.19. The topological polar surface area (TPSA) is 42.7 Å². The zero-order valence-corrected chi connectivity index (χ0v) is 12.7. The maximum Gasteiger partial charge on any atom is 0.117 e. The third kappa shape index (κ3) is 3.59. The average molecular weight is 292 g/mol. The maximum absolute atomic E-state index is 4.48. The largest absolute Gasteiger partial charge is 0.311 e. The van der Waals surface area contributed by atoms with Gasteiger partial charge in [-0.1, -0.05) is 60.7 Å². The first-order valence-corrected chi connectivity index (χ1v) is 7.53. The summed E-state index contributed by atoms with van der Waals surface area (Å²) in [5, 5.41) is 12.4. The van der Waals surface area contributed by atoms with Gasteiger partial charge in [-0.2, -0.15) is 15.0 Å². The second-order valence-electron chi connectivity index (χ2n) is 5.26. The van der Waals surface area contributed by atoms with Gasteiger partial charge in [-0.05, 0) is 18.5 Å². The number of nitrogens with one attached hydrogen (secondary N) is 1. The molecule has 1 N–H and O–H groups in total. The first-order valence-electron chi connectivity index (χ1n) is 7.53. The zero-order valence-electron chi connectivity index (χ0n) is 12.7. The Kier molecular flexibility index (Phi) is 4.61. The first-order chi connectivity index (χ1) is 10.8. The molecule has 0 saturated heterocycles. The Morgan fingerprint density at radius 2 is 1.59 bits per heavy atom. The average Bonchev–Trinajstić information content (AvgIpc) is 2.94. The molecule has 4 heteroatoms. The molecule has 112 valence electrons. The zero-order chi connectivity index (χ0) is 15.2. The quantitative estimate of drug-likeness (QED) is 0.710. The minimum absolute atomic E-state index is 0.727. The van der Waals surface area contributed by atoms with Gasteiger partial charge in [0, 0.05) is 19.2 Å². The van der Waals surface area contributed by atoms with Crippen molar-refractivity contribution in [3.63, 3.8) is 0 Å². The Bertz CT molecular complexity index is 704. The van der Waals surface area contributed by atoms with Crippen LogP contribution >= 0.6 is 0 Å². The number of hydrogen-bond acceptors (Lipinski definition) is 3. The van der Waals surface area contributed by atoms with Crippen molar-refractivity contribution in [1.82, 2.24) is 20.3 Å². The second kappa shape index (κ2) is 7.00. The Balaban J connectivity index is 1.61. The minimum atomic E-state index is 0.727. The fourth-order valence-electron chi connectivity index (χ4n) is 2.47. The summed E-state index contributed by atoms with van der Waals surface area (Å²) in [7, 11) is 1.86. The van der Waals surface area contributed by atoms with Crippen LogP contribution in [-0.4, -0.2) is 21.5 Å². The molecule has 0 spiro atoms. The highest BCUT2D eigenvalue weighted by Gasteiger charge is 2.11. The molecule has 0 atom stereocenters. The van der Waals surface area contributed by atoms with Gasteiger partial charge in [0.25, 0.3) is 0 Å². The third-order valence-corrected chi connectivity index (χ3v) is 3.56. The number of benzene rings is 2. The summed E-state index contributed by atoms with van der Waals surface area (Å²) < 4.78 is 0. The van der Waals surface area contributed by atoms with Crippen molar-refractivity contribution in [2.24, 2.45) is 7.05 Å². The van der Waals surface area contributed by atoms with E-state index in [0.717, 1.165) is 36.5 Å². The van der Waals surface area contributed by atoms with Crippen LogP contribution in [-0.2, 0) is 20.0 Å². The van der Waals surface area contributed by atoms with E-state index in [4.69, 9.17) is 0 Å². The lowest BCUT2D eigenvalue weighted by atomic mass is 10.1. The molecule has 22 heavy (non-hydrogen) atoms. The number of nitrogens with zero attached hydrogens (tertiary/aromatic N) is 3. The van der Waals surface area contributed by atoms with E-state index in [1.165, 1.54) is 5.56 Å². The van der Waals surface area contributed by atoms with Crippen molar-refractivity contribution in [3.05, 3.63) is 71.9 Å². The van der Waals surface area contributed by atoms with Crippen LogP contribution in [0.4, 0.5) is 0 Å². The van der Waals surface area contributed by atoms with Gasteiger partial charge in [-0.15, -0.1) is 0 Å². The van der Waals surface area contributed by atoms with Crippen LogP contribution in [0.2, 0.25) is 0 Å². The van der Waals surface area contributed by atoms with Gasteiger partial charge >= 0.3 is 0 Å². The van der Waals surface area contributed by atoms with Gasteiger partial charge in [0.15, 0.2) is 0 Å². The highest BCUT2D eigenvalue weighted by atomic mass is 15.5. The van der Waals surface area contributed by atoms with Gasteiger partial charge < -0.3 is 5.32 Å². The molecule has 0 saturated carbocycles. The number of aromatic nitrogens is 3. The SMILES string of the molecule is Cn1nc(CNCCc2ccccc2)c(-c2ccccc2)n1. The Morgan fingerprint density at radius 3 is 2.32 bits per heavy atom. The van der Waals surface area contributed by atoms with Crippen molar-refractivity contribution < 1.29 is 0 Å². The van der Waals surface area contributed by atoms with Crippen LogP contribution < -0.4 is 5.32 Å². The van der Waals surface area contributed by atoms with Crippen molar-refractivity contribution in [1.29, 1.82) is 0 Å². The molecule has 0 bridgehead atoms. The van der Waals surface area contributed by atoms with E-state index in [1.54, 1.807) is 4.80 Å². The van der Waals surface area contributed by atoms with E-state index in [2.05, 4.69) is 51.9 Å². The van der Waals surface area contributed by atoms with E-state index in [-0.39, 0.29) is 0 Å². The third-order valence-electron chi connectivity index (χ3n) is 3.56. The summed E-state index contributed by atoms with van der Waals surface area (Å²) in [5.74, 6) is 0. The molecular weight excluding hydrogens is 272 g/mol. The predicted molar refractivity (Wildman–Crippen MR) is 88.3 cm³/mol. The van der Waals surface area contributed by atoms with Crippen molar-refractivity contribution in [2.75, 3.05) is 6.54 Å². The molecule has 0 aliphatic heterocycles. The first kappa shape index (κ1) is 14.5. The van der Waals surface area contributed by atoms with Crippen molar-refractivity contribution in [3.8, 4) is 11.3 Å². The monoisotopic (exact) mass is 292 g/mol. The van der Waals surface area contributed by atoms with Gasteiger partial charge in [-0.25, -0.2) is 0 Å². The second-order valence-corrected chi connectivity index (χ2v) is 5.26. The maximum atomic E-state index is 4.48. The molecule has 0 amide bonds. The highest BCUT2D eigenvalue weighted by molar-refractivity contribution is 5.60. The van der Waals surface area contributed by atoms with Crippen LogP contribution in [0.3, 0.4) is 0 Å². The molecule has 0 unspecified atom stereocenters. The van der Waals surface area contributed by atoms with E-state index in [1.807, 2.05) is 31.3 Å². The lowest BCUT2D eigenvalue weighted by Crippen LogP contribution is -2.17. The van der Waals surface area contributed by atoms with Gasteiger partial charge in [-0.3, -0.25) is 0 Å². The molecule has 1 aromatic heterocycles. The number of hydrogen-bond donors (Lipinski definition) is 1. The van der Waals surface area contributed by atoms with E-state index < -0.39 is 0 Å². The molecular formula is C18H20N4. The fraction of sp³-hybridized carbons (Fsp3) is 0.222. The van der Waals surface area contributed by atoms with E-state index >= 15 is 0 Å². The summed E-state index contributed by atoms with van der Waals surface area (Å²) in [6.07, 6.45) is 1.02. The summed E-state index contributed by atoms with van der Waals surface area (Å²) in [5.41, 5.74) is 4.39. The number of aryl methyl sites for hydroxylation is 1. The predicted octanol–water partition coefficient (Wildman–Crippen LogP) is 2.81. The van der Waals surface area contributed by atoms with Gasteiger partial charge in [0.2, 0.25) is 0 Å². The Morgan fingerprint density at radius 1 is 0.909 bits per heavy atom. The van der Waals surface area contributed by atoms with Crippen molar-refractivity contribution in [2.45, 2.75) is 13.0 Å². The lowest BCUT2D eigenvalue weighted by Gasteiger charge is -2.04. The molecule has 0 aliphatic carbocycles. The number of rotatable bonds is 6. The van der Waals surface area contributed by atoms with Crippen LogP contribution in [0.15, 0.2) is 60.7 Å². The van der Waals surface area contributed by atoms with Crippen LogP contribution in [0.5, 0.6) is 0 Å². The fourth-order valence-corrected chi connectivity index (χ4v) is 2.47. The summed E-state index contributed by atoms with van der Waals surface area (Å²) in [4.78, 5) is 1.64. The van der Waals surface area contributed by atoms with E-state index in [9.17, 15) is 0 Å². The standard InChI is InChI=1S/C18H20N4/c1-22-20-17(18(21-22)16-10-6-3-7-11-16)14-19-13-12-15-8-4-2-5-9-15/h2-11,19H,12-14H2,1H3. The summed E-state index contributed by atoms with van der Waals surface area (Å²) in [6.45, 7) is 1.65. The lowest BCUT2D eigenvalue weighted by molar-refractivity contribution is 0.623. The molecule has 2 aromatic carbocycles. The van der Waals surface area contributed by atoms with E-state index in [0.29, 0.717) is 0 Å².